The summed E-state index contributed by atoms with van der Waals surface area (Å²) in [5.74, 6) is 0.198. The van der Waals surface area contributed by atoms with Gasteiger partial charge in [-0.15, -0.1) is 5.10 Å². The summed E-state index contributed by atoms with van der Waals surface area (Å²) in [5, 5.41) is 14.4. The number of amides is 1. The van der Waals surface area contributed by atoms with Crippen molar-refractivity contribution in [3.05, 3.63) is 63.7 Å². The van der Waals surface area contributed by atoms with Crippen molar-refractivity contribution in [3.8, 4) is 0 Å². The lowest BCUT2D eigenvalue weighted by Gasteiger charge is -2.32. The van der Waals surface area contributed by atoms with Crippen LogP contribution < -0.4 is 9.80 Å². The van der Waals surface area contributed by atoms with E-state index in [4.69, 9.17) is 4.74 Å². The number of hydrogen-bond acceptors (Lipinski definition) is 6. The molecule has 3 aromatic rings. The fourth-order valence-electron chi connectivity index (χ4n) is 5.52. The van der Waals surface area contributed by atoms with Crippen molar-refractivity contribution in [1.29, 1.82) is 0 Å². The van der Waals surface area contributed by atoms with E-state index in [2.05, 4.69) is 26.7 Å². The number of aromatic amines is 1. The Hall–Kier alpha value is -3.70. The topological polar surface area (TPSA) is 87.2 Å². The quantitative estimate of drug-likeness (QED) is 0.378. The highest BCUT2D eigenvalue weighted by Crippen LogP contribution is 2.42. The van der Waals surface area contributed by atoms with Crippen LogP contribution in [0.2, 0.25) is 0 Å². The Balaban J connectivity index is 1.60. The van der Waals surface area contributed by atoms with Gasteiger partial charge in [-0.05, 0) is 97.2 Å². The van der Waals surface area contributed by atoms with Crippen LogP contribution in [0.25, 0.3) is 0 Å². The van der Waals surface area contributed by atoms with E-state index in [1.807, 2.05) is 6.07 Å². The molecule has 1 aromatic heterocycles. The number of aryl methyl sites for hydroxylation is 2. The molecule has 2 heterocycles. The number of alkyl halides is 4. The average molecular weight is 547 g/mol. The van der Waals surface area contributed by atoms with Gasteiger partial charge in [0.05, 0.1) is 23.4 Å². The molecule has 0 fully saturated rings. The SMILES string of the molecule is CC(C)OC(=O)N1CCCC(N(Cc2cc(CF)cc(C(F)(F)F)c2)c2nn[nH]n2)c2cc3c(cc21)CCC3. The molecule has 1 N–H and O–H groups in total. The molecule has 0 saturated heterocycles. The summed E-state index contributed by atoms with van der Waals surface area (Å²) in [6, 6.07) is 7.02. The number of halogens is 4. The Labute approximate surface area is 223 Å². The molecule has 0 spiro atoms. The molecule has 2 aliphatic rings. The van der Waals surface area contributed by atoms with Crippen LogP contribution in [-0.2, 0) is 37.0 Å². The van der Waals surface area contributed by atoms with E-state index in [1.54, 1.807) is 23.6 Å². The van der Waals surface area contributed by atoms with E-state index < -0.39 is 24.5 Å². The van der Waals surface area contributed by atoms with Gasteiger partial charge in [0.15, 0.2) is 0 Å². The van der Waals surface area contributed by atoms with Crippen LogP contribution in [0.1, 0.15) is 72.5 Å². The van der Waals surface area contributed by atoms with Crippen LogP contribution in [0.5, 0.6) is 0 Å². The summed E-state index contributed by atoms with van der Waals surface area (Å²) >= 11 is 0. The molecule has 1 aliphatic carbocycles. The third kappa shape index (κ3) is 5.69. The summed E-state index contributed by atoms with van der Waals surface area (Å²) in [7, 11) is 0. The number of aromatic nitrogens is 4. The molecule has 2 aromatic carbocycles. The maximum absolute atomic E-state index is 13.6. The predicted octanol–water partition coefficient (Wildman–Crippen LogP) is 6.07. The molecule has 39 heavy (non-hydrogen) atoms. The number of benzene rings is 2. The Kier molecular flexibility index (Phi) is 7.46. The molecule has 0 radical (unpaired) electrons. The van der Waals surface area contributed by atoms with Crippen LogP contribution in [-0.4, -0.2) is 39.4 Å². The second-order valence-electron chi connectivity index (χ2n) is 10.3. The maximum Gasteiger partial charge on any atom is 0.416 e. The summed E-state index contributed by atoms with van der Waals surface area (Å²) in [6.45, 7) is 2.96. The lowest BCUT2D eigenvalue weighted by Crippen LogP contribution is -2.34. The number of tetrazole rings is 1. The Bertz CT molecular complexity index is 1330. The summed E-state index contributed by atoms with van der Waals surface area (Å²) < 4.78 is 59.9. The van der Waals surface area contributed by atoms with Gasteiger partial charge in [0.1, 0.15) is 6.67 Å². The number of H-pyrrole nitrogens is 1. The smallest absolute Gasteiger partial charge is 0.416 e. The van der Waals surface area contributed by atoms with E-state index in [0.29, 0.717) is 25.1 Å². The molecule has 1 aliphatic heterocycles. The first kappa shape index (κ1) is 26.9. The standard InChI is InChI=1S/C27H30F4N6O2/c1-16(2)39-26(38)36-8-4-7-23(22-12-19-5-3-6-20(19)13-24(22)36)37(25-32-34-35-33-25)15-18-9-17(14-28)10-21(11-18)27(29,30)31/h9-13,16,23H,3-8,14-15H2,1-2H3,(H,32,33,34,35). The van der Waals surface area contributed by atoms with Gasteiger partial charge < -0.3 is 9.64 Å². The average Bonchev–Trinajstić information content (AvgIpc) is 3.54. The number of hydrogen-bond donors (Lipinski definition) is 1. The molecule has 5 rings (SSSR count). The lowest BCUT2D eigenvalue weighted by atomic mass is 9.95. The van der Waals surface area contributed by atoms with Gasteiger partial charge in [0.2, 0.25) is 0 Å². The number of nitrogens with zero attached hydrogens (tertiary/aromatic N) is 5. The zero-order chi connectivity index (χ0) is 27.7. The van der Waals surface area contributed by atoms with Crippen LogP contribution in [0.4, 0.5) is 34.0 Å². The fourth-order valence-corrected chi connectivity index (χ4v) is 5.52. The monoisotopic (exact) mass is 546 g/mol. The van der Waals surface area contributed by atoms with Crippen molar-refractivity contribution >= 4 is 17.7 Å². The molecular formula is C27H30F4N6O2. The number of anilines is 2. The number of nitrogens with one attached hydrogen (secondary N) is 1. The van der Waals surface area contributed by atoms with Gasteiger partial charge in [-0.1, -0.05) is 17.2 Å². The minimum atomic E-state index is -4.62. The van der Waals surface area contributed by atoms with Crippen molar-refractivity contribution in [1.82, 2.24) is 20.6 Å². The minimum Gasteiger partial charge on any atom is -0.446 e. The lowest BCUT2D eigenvalue weighted by molar-refractivity contribution is -0.137. The second kappa shape index (κ2) is 10.8. The van der Waals surface area contributed by atoms with Crippen LogP contribution in [0, 0.1) is 0 Å². The molecule has 8 nitrogen and oxygen atoms in total. The Morgan fingerprint density at radius 1 is 1.13 bits per heavy atom. The van der Waals surface area contributed by atoms with Crippen molar-refractivity contribution in [2.45, 2.75) is 77.5 Å². The number of fused-ring (bicyclic) bond motifs is 2. The van der Waals surface area contributed by atoms with Crippen LogP contribution in [0.15, 0.2) is 30.3 Å². The first-order valence-corrected chi connectivity index (χ1v) is 13.0. The zero-order valence-corrected chi connectivity index (χ0v) is 21.8. The molecule has 1 unspecified atom stereocenters. The molecular weight excluding hydrogens is 516 g/mol. The molecule has 0 saturated carbocycles. The van der Waals surface area contributed by atoms with Crippen molar-refractivity contribution in [2.75, 3.05) is 16.3 Å². The third-order valence-corrected chi connectivity index (χ3v) is 7.16. The first-order chi connectivity index (χ1) is 18.6. The summed E-state index contributed by atoms with van der Waals surface area (Å²) in [4.78, 5) is 16.6. The van der Waals surface area contributed by atoms with Gasteiger partial charge in [0, 0.05) is 13.1 Å². The van der Waals surface area contributed by atoms with E-state index in [0.717, 1.165) is 37.0 Å². The fraction of sp³-hybridized carbons (Fsp3) is 0.481. The molecule has 0 bridgehead atoms. The van der Waals surface area contributed by atoms with Crippen molar-refractivity contribution in [2.24, 2.45) is 0 Å². The van der Waals surface area contributed by atoms with Gasteiger partial charge in [0.25, 0.3) is 5.95 Å². The van der Waals surface area contributed by atoms with Crippen molar-refractivity contribution in [3.63, 3.8) is 0 Å². The van der Waals surface area contributed by atoms with E-state index in [9.17, 15) is 22.4 Å². The van der Waals surface area contributed by atoms with Gasteiger partial charge in [-0.25, -0.2) is 9.18 Å². The highest BCUT2D eigenvalue weighted by molar-refractivity contribution is 5.89. The predicted molar refractivity (Wildman–Crippen MR) is 136 cm³/mol. The number of carbonyl (C=O) groups excluding carboxylic acids is 1. The van der Waals surface area contributed by atoms with Crippen LogP contribution in [0.3, 0.4) is 0 Å². The van der Waals surface area contributed by atoms with Crippen LogP contribution >= 0.6 is 0 Å². The van der Waals surface area contributed by atoms with Gasteiger partial charge in [-0.3, -0.25) is 4.90 Å². The highest BCUT2D eigenvalue weighted by Gasteiger charge is 2.35. The first-order valence-electron chi connectivity index (χ1n) is 13.0. The normalized spacial score (nSPS) is 17.1. The highest BCUT2D eigenvalue weighted by atomic mass is 19.4. The van der Waals surface area contributed by atoms with E-state index in [1.165, 1.54) is 17.2 Å². The largest absolute Gasteiger partial charge is 0.446 e. The van der Waals surface area contributed by atoms with Crippen molar-refractivity contribution < 1.29 is 27.1 Å². The molecule has 1 amide bonds. The second-order valence-corrected chi connectivity index (χ2v) is 10.3. The Morgan fingerprint density at radius 2 is 1.87 bits per heavy atom. The van der Waals surface area contributed by atoms with Gasteiger partial charge in [-0.2, -0.15) is 18.4 Å². The van der Waals surface area contributed by atoms with E-state index in [-0.39, 0.29) is 35.8 Å². The Morgan fingerprint density at radius 3 is 2.54 bits per heavy atom. The maximum atomic E-state index is 13.6. The molecule has 1 atom stereocenters. The van der Waals surface area contributed by atoms with Gasteiger partial charge >= 0.3 is 12.3 Å². The summed E-state index contributed by atoms with van der Waals surface area (Å²) in [6.07, 6.45) is -1.37. The summed E-state index contributed by atoms with van der Waals surface area (Å²) in [5.41, 5.74) is 3.21. The number of carbonyl (C=O) groups is 1. The third-order valence-electron chi connectivity index (χ3n) is 7.16. The number of rotatable bonds is 6. The minimum absolute atomic E-state index is 0.0198. The zero-order valence-electron chi connectivity index (χ0n) is 21.8. The van der Waals surface area contributed by atoms with E-state index >= 15 is 0 Å². The molecule has 12 heteroatoms. The molecule has 208 valence electrons. The number of ether oxygens (including phenoxy) is 1.